The predicted molar refractivity (Wildman–Crippen MR) is 71.3 cm³/mol. The van der Waals surface area contributed by atoms with Crippen LogP contribution >= 0.6 is 0 Å². The summed E-state index contributed by atoms with van der Waals surface area (Å²) >= 11 is 0. The molecular weight excluding hydrogens is 246 g/mol. The maximum absolute atomic E-state index is 9.62. The van der Waals surface area contributed by atoms with Gasteiger partial charge in [0.15, 0.2) is 0 Å². The van der Waals surface area contributed by atoms with Crippen LogP contribution in [0.4, 0.5) is 5.82 Å². The van der Waals surface area contributed by atoms with Crippen molar-refractivity contribution < 1.29 is 14.6 Å². The highest BCUT2D eigenvalue weighted by molar-refractivity contribution is 5.40. The summed E-state index contributed by atoms with van der Waals surface area (Å²) in [6.45, 7) is 5.24. The zero-order chi connectivity index (χ0) is 13.7. The number of nitrogens with zero attached hydrogens (tertiary/aromatic N) is 2. The number of ether oxygens (including phenoxy) is 2. The summed E-state index contributed by atoms with van der Waals surface area (Å²) in [6, 6.07) is 1.76. The summed E-state index contributed by atoms with van der Waals surface area (Å²) in [5.74, 6) is 1.20. The van der Waals surface area contributed by atoms with Gasteiger partial charge in [0.2, 0.25) is 5.88 Å². The molecule has 0 saturated carbocycles. The molecule has 0 radical (unpaired) electrons. The zero-order valence-electron chi connectivity index (χ0n) is 11.4. The molecule has 1 aromatic heterocycles. The molecule has 0 aliphatic carbocycles. The Kier molecular flexibility index (Phi) is 4.55. The average molecular weight is 267 g/mol. The molecule has 106 valence electrons. The van der Waals surface area contributed by atoms with Crippen LogP contribution in [-0.2, 0) is 4.74 Å². The van der Waals surface area contributed by atoms with Gasteiger partial charge in [-0.25, -0.2) is 9.97 Å². The van der Waals surface area contributed by atoms with Gasteiger partial charge < -0.3 is 19.9 Å². The van der Waals surface area contributed by atoms with Gasteiger partial charge in [0.05, 0.1) is 18.2 Å². The van der Waals surface area contributed by atoms with Crippen LogP contribution in [-0.4, -0.2) is 46.5 Å². The number of hydrogen-bond acceptors (Lipinski definition) is 6. The SMILES string of the molecule is CC(C)Oc1cc(NC2(CO)CCOCC2)ncn1. The normalized spacial score (nSPS) is 18.3. The molecule has 6 heteroatoms. The van der Waals surface area contributed by atoms with Crippen molar-refractivity contribution in [2.24, 2.45) is 0 Å². The number of rotatable bonds is 5. The van der Waals surface area contributed by atoms with E-state index in [2.05, 4.69) is 15.3 Å². The molecule has 1 aliphatic rings. The Hall–Kier alpha value is -1.40. The van der Waals surface area contributed by atoms with Crippen LogP contribution in [0, 0.1) is 0 Å². The summed E-state index contributed by atoms with van der Waals surface area (Å²) in [6.07, 6.45) is 3.05. The van der Waals surface area contributed by atoms with Crippen LogP contribution < -0.4 is 10.1 Å². The summed E-state index contributed by atoms with van der Waals surface area (Å²) in [7, 11) is 0. The maximum Gasteiger partial charge on any atom is 0.218 e. The maximum atomic E-state index is 9.62. The molecule has 0 aromatic carbocycles. The Morgan fingerprint density at radius 2 is 2.16 bits per heavy atom. The predicted octanol–water partition coefficient (Wildman–Crippen LogP) is 1.22. The highest BCUT2D eigenvalue weighted by Gasteiger charge is 2.32. The number of nitrogens with one attached hydrogen (secondary N) is 1. The van der Waals surface area contributed by atoms with Crippen LogP contribution in [0.15, 0.2) is 12.4 Å². The zero-order valence-corrected chi connectivity index (χ0v) is 11.4. The number of aliphatic hydroxyl groups is 1. The third kappa shape index (κ3) is 3.78. The van der Waals surface area contributed by atoms with Crippen LogP contribution in [0.5, 0.6) is 5.88 Å². The Morgan fingerprint density at radius 3 is 2.79 bits per heavy atom. The average Bonchev–Trinajstić information content (AvgIpc) is 2.39. The van der Waals surface area contributed by atoms with Crippen molar-refractivity contribution >= 4 is 5.82 Å². The van der Waals surface area contributed by atoms with Gasteiger partial charge in [-0.3, -0.25) is 0 Å². The van der Waals surface area contributed by atoms with E-state index in [-0.39, 0.29) is 18.2 Å². The fraction of sp³-hybridized carbons (Fsp3) is 0.692. The second-order valence-electron chi connectivity index (χ2n) is 5.08. The number of aromatic nitrogens is 2. The van der Waals surface area contributed by atoms with E-state index in [1.54, 1.807) is 6.07 Å². The third-order valence-corrected chi connectivity index (χ3v) is 3.14. The summed E-state index contributed by atoms with van der Waals surface area (Å²) < 4.78 is 10.9. The van der Waals surface area contributed by atoms with E-state index in [1.165, 1.54) is 6.33 Å². The molecule has 1 aromatic rings. The van der Waals surface area contributed by atoms with E-state index in [9.17, 15) is 5.11 Å². The fourth-order valence-electron chi connectivity index (χ4n) is 2.07. The van der Waals surface area contributed by atoms with Gasteiger partial charge in [-0.05, 0) is 26.7 Å². The lowest BCUT2D eigenvalue weighted by Gasteiger charge is -2.36. The third-order valence-electron chi connectivity index (χ3n) is 3.14. The van der Waals surface area contributed by atoms with Crippen LogP contribution in [0.2, 0.25) is 0 Å². The van der Waals surface area contributed by atoms with Crippen molar-refractivity contribution in [3.63, 3.8) is 0 Å². The van der Waals surface area contributed by atoms with E-state index >= 15 is 0 Å². The quantitative estimate of drug-likeness (QED) is 0.835. The second-order valence-corrected chi connectivity index (χ2v) is 5.08. The van der Waals surface area contributed by atoms with Gasteiger partial charge in [0, 0.05) is 19.3 Å². The Bertz CT molecular complexity index is 406. The summed E-state index contributed by atoms with van der Waals surface area (Å²) in [4.78, 5) is 8.24. The van der Waals surface area contributed by atoms with Crippen molar-refractivity contribution in [1.82, 2.24) is 9.97 Å². The molecule has 0 bridgehead atoms. The van der Waals surface area contributed by atoms with Gasteiger partial charge in [-0.2, -0.15) is 0 Å². The molecule has 0 atom stereocenters. The Labute approximate surface area is 113 Å². The Balaban J connectivity index is 2.08. The smallest absolute Gasteiger partial charge is 0.218 e. The topological polar surface area (TPSA) is 76.5 Å². The van der Waals surface area contributed by atoms with Gasteiger partial charge in [0.1, 0.15) is 12.1 Å². The first-order chi connectivity index (χ1) is 9.13. The monoisotopic (exact) mass is 267 g/mol. The van der Waals surface area contributed by atoms with Gasteiger partial charge in [0.25, 0.3) is 0 Å². The summed E-state index contributed by atoms with van der Waals surface area (Å²) in [5, 5.41) is 12.9. The molecule has 19 heavy (non-hydrogen) atoms. The van der Waals surface area contributed by atoms with E-state index < -0.39 is 0 Å². The highest BCUT2D eigenvalue weighted by atomic mass is 16.5. The number of hydrogen-bond donors (Lipinski definition) is 2. The molecule has 2 rings (SSSR count). The summed E-state index contributed by atoms with van der Waals surface area (Å²) in [5.41, 5.74) is -0.359. The van der Waals surface area contributed by atoms with Crippen molar-refractivity contribution in [3.05, 3.63) is 12.4 Å². The minimum absolute atomic E-state index is 0.0563. The van der Waals surface area contributed by atoms with Crippen LogP contribution in [0.25, 0.3) is 0 Å². The standard InChI is InChI=1S/C13H21N3O3/c1-10(2)19-12-7-11(14-9-15-12)16-13(8-17)3-5-18-6-4-13/h7,9-10,17H,3-6,8H2,1-2H3,(H,14,15,16). The lowest BCUT2D eigenvalue weighted by Crippen LogP contribution is -2.47. The van der Waals surface area contributed by atoms with E-state index in [0.717, 1.165) is 12.8 Å². The highest BCUT2D eigenvalue weighted by Crippen LogP contribution is 2.25. The molecule has 0 spiro atoms. The molecule has 2 heterocycles. The van der Waals surface area contributed by atoms with Gasteiger partial charge in [-0.15, -0.1) is 0 Å². The fourth-order valence-corrected chi connectivity index (χ4v) is 2.07. The first-order valence-corrected chi connectivity index (χ1v) is 6.59. The molecule has 0 amide bonds. The van der Waals surface area contributed by atoms with E-state index in [4.69, 9.17) is 9.47 Å². The van der Waals surface area contributed by atoms with Crippen molar-refractivity contribution in [2.45, 2.75) is 38.3 Å². The lowest BCUT2D eigenvalue weighted by molar-refractivity contribution is 0.0378. The molecule has 0 unspecified atom stereocenters. The van der Waals surface area contributed by atoms with Crippen molar-refractivity contribution in [1.29, 1.82) is 0 Å². The number of anilines is 1. The van der Waals surface area contributed by atoms with Gasteiger partial charge >= 0.3 is 0 Å². The molecule has 6 nitrogen and oxygen atoms in total. The lowest BCUT2D eigenvalue weighted by atomic mass is 9.91. The molecule has 1 saturated heterocycles. The Morgan fingerprint density at radius 1 is 1.42 bits per heavy atom. The molecular formula is C13H21N3O3. The van der Waals surface area contributed by atoms with Crippen molar-refractivity contribution in [2.75, 3.05) is 25.1 Å². The van der Waals surface area contributed by atoms with E-state index in [0.29, 0.717) is 24.9 Å². The van der Waals surface area contributed by atoms with Crippen LogP contribution in [0.1, 0.15) is 26.7 Å². The van der Waals surface area contributed by atoms with E-state index in [1.807, 2.05) is 13.8 Å². The number of aliphatic hydroxyl groups excluding tert-OH is 1. The van der Waals surface area contributed by atoms with Crippen LogP contribution in [0.3, 0.4) is 0 Å². The minimum atomic E-state index is -0.359. The largest absolute Gasteiger partial charge is 0.475 e. The molecule has 1 fully saturated rings. The first-order valence-electron chi connectivity index (χ1n) is 6.59. The van der Waals surface area contributed by atoms with Crippen molar-refractivity contribution in [3.8, 4) is 5.88 Å². The second kappa shape index (κ2) is 6.16. The first kappa shape index (κ1) is 14.0. The minimum Gasteiger partial charge on any atom is -0.475 e. The van der Waals surface area contributed by atoms with Gasteiger partial charge in [-0.1, -0.05) is 0 Å². The molecule has 1 aliphatic heterocycles. The molecule has 2 N–H and O–H groups in total.